The number of hydrogen-bond donors (Lipinski definition) is 1. The Bertz CT molecular complexity index is 566. The predicted molar refractivity (Wildman–Crippen MR) is 70.0 cm³/mol. The molecule has 0 aromatic heterocycles. The molecule has 6 heteroatoms. The number of benzene rings is 1. The van der Waals surface area contributed by atoms with Gasteiger partial charge in [0, 0.05) is 0 Å². The van der Waals surface area contributed by atoms with E-state index in [1.807, 2.05) is 13.8 Å². The Kier molecular flexibility index (Phi) is 4.02. The maximum atomic E-state index is 13.3. The fraction of sp³-hybridized carbons (Fsp3) is 0.533. The van der Waals surface area contributed by atoms with Gasteiger partial charge in [-0.25, -0.2) is 4.79 Å². The molecule has 0 saturated carbocycles. The summed E-state index contributed by atoms with van der Waals surface area (Å²) in [7, 11) is 0. The van der Waals surface area contributed by atoms with Gasteiger partial charge in [-0.2, -0.15) is 13.2 Å². The van der Waals surface area contributed by atoms with E-state index >= 15 is 0 Å². The van der Waals surface area contributed by atoms with Crippen LogP contribution in [0.5, 0.6) is 5.75 Å². The Hall–Kier alpha value is -1.56. The maximum Gasteiger partial charge on any atom is 0.432 e. The molecule has 1 aliphatic heterocycles. The van der Waals surface area contributed by atoms with Crippen molar-refractivity contribution in [3.8, 4) is 5.75 Å². The topological polar surface area (TPSA) is 46.5 Å². The van der Waals surface area contributed by atoms with E-state index < -0.39 is 23.3 Å². The van der Waals surface area contributed by atoms with Crippen molar-refractivity contribution >= 4 is 5.97 Å². The molecule has 1 atom stereocenters. The van der Waals surface area contributed by atoms with Gasteiger partial charge in [-0.05, 0) is 36.5 Å². The van der Waals surface area contributed by atoms with Crippen molar-refractivity contribution in [1.82, 2.24) is 0 Å². The first kappa shape index (κ1) is 15.8. The smallest absolute Gasteiger partial charge is 0.423 e. The minimum atomic E-state index is -5.11. The number of carbonyl (C=O) groups excluding carboxylic acids is 1. The Morgan fingerprint density at radius 3 is 2.48 bits per heavy atom. The zero-order valence-electron chi connectivity index (χ0n) is 11.9. The third-order valence-corrected chi connectivity index (χ3v) is 3.80. The highest BCUT2D eigenvalue weighted by atomic mass is 19.4. The Morgan fingerprint density at radius 1 is 1.29 bits per heavy atom. The first-order chi connectivity index (χ1) is 9.77. The second-order valence-corrected chi connectivity index (χ2v) is 5.13. The van der Waals surface area contributed by atoms with Crippen LogP contribution in [0.4, 0.5) is 13.2 Å². The molecule has 0 aliphatic carbocycles. The van der Waals surface area contributed by atoms with Crippen LogP contribution in [0.2, 0.25) is 0 Å². The summed E-state index contributed by atoms with van der Waals surface area (Å²) in [4.78, 5) is 11.6. The summed E-state index contributed by atoms with van der Waals surface area (Å²) in [6.45, 7) is 3.74. The number of alkyl halides is 3. The van der Waals surface area contributed by atoms with E-state index in [2.05, 4.69) is 4.74 Å². The highest BCUT2D eigenvalue weighted by Crippen LogP contribution is 2.50. The molecular formula is C15H17F3O3. The summed E-state index contributed by atoms with van der Waals surface area (Å²) in [6.07, 6.45) is -2.74. The molecule has 1 aromatic carbocycles. The number of esters is 1. The zero-order chi connectivity index (χ0) is 15.8. The monoisotopic (exact) mass is 302 g/mol. The second kappa shape index (κ2) is 5.33. The lowest BCUT2D eigenvalue weighted by molar-refractivity contribution is -0.258. The van der Waals surface area contributed by atoms with Crippen molar-refractivity contribution in [2.75, 3.05) is 0 Å². The lowest BCUT2D eigenvalue weighted by atomic mass is 9.85. The van der Waals surface area contributed by atoms with Crippen LogP contribution in [0.3, 0.4) is 0 Å². The largest absolute Gasteiger partial charge is 0.432 e. The molecule has 2 rings (SSSR count). The number of aryl methyl sites for hydroxylation is 1. The van der Waals surface area contributed by atoms with E-state index in [-0.39, 0.29) is 5.75 Å². The van der Waals surface area contributed by atoms with Crippen LogP contribution in [0.15, 0.2) is 12.1 Å². The third kappa shape index (κ3) is 2.31. The van der Waals surface area contributed by atoms with Crippen molar-refractivity contribution < 1.29 is 27.8 Å². The molecule has 3 nitrogen and oxygen atoms in total. The van der Waals surface area contributed by atoms with Crippen LogP contribution in [-0.4, -0.2) is 17.3 Å². The van der Waals surface area contributed by atoms with Crippen LogP contribution < -0.4 is 4.74 Å². The van der Waals surface area contributed by atoms with Gasteiger partial charge in [-0.15, -0.1) is 0 Å². The summed E-state index contributed by atoms with van der Waals surface area (Å²) >= 11 is 0. The van der Waals surface area contributed by atoms with E-state index in [1.165, 1.54) is 6.07 Å². The second-order valence-electron chi connectivity index (χ2n) is 5.13. The maximum absolute atomic E-state index is 13.3. The standard InChI is InChI=1S/C15H17F3O3/c1-3-5-6-10-9(4-2)7-8-11-12(10)14(20,13(19)21-11)15(16,17)18/h7-8,20H,3-6H2,1-2H3. The van der Waals surface area contributed by atoms with Crippen molar-refractivity contribution in [2.24, 2.45) is 0 Å². The average Bonchev–Trinajstić information content (AvgIpc) is 2.69. The Labute approximate surface area is 120 Å². The molecule has 116 valence electrons. The van der Waals surface area contributed by atoms with Crippen LogP contribution >= 0.6 is 0 Å². The first-order valence-electron chi connectivity index (χ1n) is 6.93. The van der Waals surface area contributed by atoms with E-state index in [0.29, 0.717) is 30.4 Å². The Morgan fingerprint density at radius 2 is 1.95 bits per heavy atom. The van der Waals surface area contributed by atoms with E-state index in [9.17, 15) is 23.1 Å². The fourth-order valence-electron chi connectivity index (χ4n) is 2.65. The Balaban J connectivity index is 2.68. The molecule has 21 heavy (non-hydrogen) atoms. The van der Waals surface area contributed by atoms with Gasteiger partial charge in [0.1, 0.15) is 5.75 Å². The number of rotatable bonds is 4. The SMILES string of the molecule is CCCCc1c(CC)ccc2c1C(O)(C(F)(F)F)C(=O)O2. The van der Waals surface area contributed by atoms with Gasteiger partial charge in [-0.3, -0.25) is 0 Å². The summed E-state index contributed by atoms with van der Waals surface area (Å²) in [5.74, 6) is -1.86. The lowest BCUT2D eigenvalue weighted by Gasteiger charge is -2.25. The summed E-state index contributed by atoms with van der Waals surface area (Å²) in [5, 5.41) is 10.0. The van der Waals surface area contributed by atoms with Crippen LogP contribution in [-0.2, 0) is 23.2 Å². The number of unbranched alkanes of at least 4 members (excludes halogenated alkanes) is 1. The number of halogens is 3. The average molecular weight is 302 g/mol. The van der Waals surface area contributed by atoms with Gasteiger partial charge in [0.15, 0.2) is 0 Å². The van der Waals surface area contributed by atoms with Gasteiger partial charge in [-0.1, -0.05) is 26.3 Å². The van der Waals surface area contributed by atoms with Crippen molar-refractivity contribution in [1.29, 1.82) is 0 Å². The lowest BCUT2D eigenvalue weighted by Crippen LogP contribution is -2.48. The normalized spacial score (nSPS) is 21.3. The molecule has 1 unspecified atom stereocenters. The van der Waals surface area contributed by atoms with Gasteiger partial charge in [0.2, 0.25) is 0 Å². The number of hydrogen-bond acceptors (Lipinski definition) is 3. The molecule has 1 aromatic rings. The highest BCUT2D eigenvalue weighted by molar-refractivity contribution is 5.90. The van der Waals surface area contributed by atoms with Crippen molar-refractivity contribution in [3.05, 3.63) is 28.8 Å². The zero-order valence-corrected chi connectivity index (χ0v) is 11.9. The molecule has 0 saturated heterocycles. The summed E-state index contributed by atoms with van der Waals surface area (Å²) in [5.41, 5.74) is -2.91. The molecule has 0 amide bonds. The predicted octanol–water partition coefficient (Wildman–Crippen LogP) is 3.26. The van der Waals surface area contributed by atoms with Gasteiger partial charge in [0.25, 0.3) is 5.60 Å². The quantitative estimate of drug-likeness (QED) is 0.686. The van der Waals surface area contributed by atoms with Crippen LogP contribution in [0.1, 0.15) is 43.4 Å². The van der Waals surface area contributed by atoms with E-state index in [1.54, 1.807) is 6.07 Å². The molecule has 0 fully saturated rings. The van der Waals surface area contributed by atoms with E-state index in [0.717, 1.165) is 6.42 Å². The van der Waals surface area contributed by atoms with Gasteiger partial charge in [0.05, 0.1) is 5.56 Å². The fourth-order valence-corrected chi connectivity index (χ4v) is 2.65. The van der Waals surface area contributed by atoms with Crippen LogP contribution in [0.25, 0.3) is 0 Å². The number of fused-ring (bicyclic) bond motifs is 1. The van der Waals surface area contributed by atoms with Gasteiger partial charge < -0.3 is 9.84 Å². The molecule has 0 bridgehead atoms. The minimum Gasteiger partial charge on any atom is -0.423 e. The van der Waals surface area contributed by atoms with Gasteiger partial charge >= 0.3 is 12.1 Å². The van der Waals surface area contributed by atoms with Crippen molar-refractivity contribution in [3.63, 3.8) is 0 Å². The molecule has 1 heterocycles. The number of aliphatic hydroxyl groups is 1. The number of ether oxygens (including phenoxy) is 1. The molecule has 0 spiro atoms. The first-order valence-corrected chi connectivity index (χ1v) is 6.93. The summed E-state index contributed by atoms with van der Waals surface area (Å²) in [6, 6.07) is 2.98. The summed E-state index contributed by atoms with van der Waals surface area (Å²) < 4.78 is 44.4. The minimum absolute atomic E-state index is 0.192. The molecule has 0 radical (unpaired) electrons. The molecular weight excluding hydrogens is 285 g/mol. The van der Waals surface area contributed by atoms with Crippen molar-refractivity contribution in [2.45, 2.75) is 51.3 Å². The van der Waals surface area contributed by atoms with Crippen LogP contribution in [0, 0.1) is 0 Å². The van der Waals surface area contributed by atoms with E-state index in [4.69, 9.17) is 0 Å². The molecule has 1 N–H and O–H groups in total. The highest BCUT2D eigenvalue weighted by Gasteiger charge is 2.67. The third-order valence-electron chi connectivity index (χ3n) is 3.80. The molecule has 1 aliphatic rings. The number of carbonyl (C=O) groups is 1.